The van der Waals surface area contributed by atoms with Crippen LogP contribution in [0.15, 0.2) is 0 Å². The van der Waals surface area contributed by atoms with Crippen molar-refractivity contribution in [2.24, 2.45) is 0 Å². The van der Waals surface area contributed by atoms with Crippen LogP contribution >= 0.6 is 0 Å². The molecular weight excluding hydrogens is 197 g/mol. The minimum atomic E-state index is -4.35. The van der Waals surface area contributed by atoms with Crippen LogP contribution in [0.5, 0.6) is 0 Å². The number of halogens is 3. The molecule has 0 aromatic rings. The molecule has 1 amide bonds. The highest BCUT2D eigenvalue weighted by Crippen LogP contribution is 2.26. The number of rotatable bonds is 1. The molecule has 2 atom stereocenters. The average molecular weight is 210 g/mol. The maximum Gasteiger partial charge on any atom is 0.408 e. The number of piperazine rings is 1. The molecule has 0 aliphatic carbocycles. The molecular formula is C8H13F3N2O. The summed E-state index contributed by atoms with van der Waals surface area (Å²) in [5, 5.41) is 2.76. The smallest absolute Gasteiger partial charge is 0.326 e. The van der Waals surface area contributed by atoms with Crippen molar-refractivity contribution in [3.63, 3.8) is 0 Å². The normalized spacial score (nSPS) is 26.5. The van der Waals surface area contributed by atoms with E-state index in [1.807, 2.05) is 0 Å². The van der Waals surface area contributed by atoms with E-state index in [-0.39, 0.29) is 6.54 Å². The van der Waals surface area contributed by atoms with Crippen LogP contribution in [-0.2, 0) is 4.79 Å². The summed E-state index contributed by atoms with van der Waals surface area (Å²) in [6, 6.07) is -2.11. The first-order chi connectivity index (χ1) is 6.34. The number of nitrogens with zero attached hydrogens (tertiary/aromatic N) is 1. The van der Waals surface area contributed by atoms with Crippen molar-refractivity contribution >= 4 is 5.91 Å². The number of nitrogens with one attached hydrogen (secondary N) is 1. The summed E-state index contributed by atoms with van der Waals surface area (Å²) < 4.78 is 37.1. The van der Waals surface area contributed by atoms with Crippen molar-refractivity contribution in [1.82, 2.24) is 10.2 Å². The fraction of sp³-hybridized carbons (Fsp3) is 0.875. The van der Waals surface area contributed by atoms with Gasteiger partial charge in [0.2, 0.25) is 5.91 Å². The zero-order valence-corrected chi connectivity index (χ0v) is 8.06. The van der Waals surface area contributed by atoms with Gasteiger partial charge >= 0.3 is 6.18 Å². The number of alkyl halides is 3. The zero-order valence-electron chi connectivity index (χ0n) is 8.06. The summed E-state index contributed by atoms with van der Waals surface area (Å²) in [5.74, 6) is -0.492. The Kier molecular flexibility index (Phi) is 3.04. The van der Waals surface area contributed by atoms with Gasteiger partial charge in [0, 0.05) is 12.6 Å². The Balaban J connectivity index is 2.78. The molecule has 82 valence electrons. The van der Waals surface area contributed by atoms with Gasteiger partial charge in [-0.2, -0.15) is 13.2 Å². The largest absolute Gasteiger partial charge is 0.408 e. The second-order valence-electron chi connectivity index (χ2n) is 3.50. The third-order valence-corrected chi connectivity index (χ3v) is 2.37. The number of hydrogen-bond acceptors (Lipinski definition) is 2. The maximum absolute atomic E-state index is 12.4. The molecule has 0 aromatic carbocycles. The fourth-order valence-electron chi connectivity index (χ4n) is 1.58. The van der Waals surface area contributed by atoms with Crippen LogP contribution in [0.4, 0.5) is 13.2 Å². The highest BCUT2D eigenvalue weighted by Gasteiger charge is 2.44. The molecule has 6 heteroatoms. The molecule has 0 saturated carbocycles. The van der Waals surface area contributed by atoms with Crippen molar-refractivity contribution in [2.75, 3.05) is 13.1 Å². The van der Waals surface area contributed by atoms with E-state index in [1.165, 1.54) is 0 Å². The summed E-state index contributed by atoms with van der Waals surface area (Å²) in [6.07, 6.45) is -4.35. The first kappa shape index (κ1) is 11.3. The quantitative estimate of drug-likeness (QED) is 0.693. The lowest BCUT2D eigenvalue weighted by molar-refractivity contribution is -0.191. The van der Waals surface area contributed by atoms with Crippen LogP contribution in [0, 0.1) is 0 Å². The summed E-state index contributed by atoms with van der Waals surface area (Å²) in [5.41, 5.74) is 0. The molecule has 14 heavy (non-hydrogen) atoms. The first-order valence-electron chi connectivity index (χ1n) is 4.42. The Morgan fingerprint density at radius 1 is 1.57 bits per heavy atom. The van der Waals surface area contributed by atoms with E-state index in [9.17, 15) is 18.0 Å². The molecule has 0 unspecified atom stereocenters. The fourth-order valence-corrected chi connectivity index (χ4v) is 1.58. The predicted molar refractivity (Wildman–Crippen MR) is 44.7 cm³/mol. The summed E-state index contributed by atoms with van der Waals surface area (Å²) >= 11 is 0. The van der Waals surface area contributed by atoms with Gasteiger partial charge < -0.3 is 10.2 Å². The van der Waals surface area contributed by atoms with E-state index in [0.29, 0.717) is 6.54 Å². The second kappa shape index (κ2) is 3.76. The molecule has 1 aliphatic heterocycles. The Labute approximate surface area is 80.3 Å². The van der Waals surface area contributed by atoms with Crippen molar-refractivity contribution in [3.05, 3.63) is 0 Å². The van der Waals surface area contributed by atoms with Crippen molar-refractivity contribution in [1.29, 1.82) is 0 Å². The van der Waals surface area contributed by atoms with E-state index in [1.54, 1.807) is 6.92 Å². The highest BCUT2D eigenvalue weighted by molar-refractivity contribution is 5.79. The number of hydrogen-bond donors (Lipinski definition) is 1. The molecule has 1 fully saturated rings. The molecule has 0 bridgehead atoms. The van der Waals surface area contributed by atoms with Crippen molar-refractivity contribution in [2.45, 2.75) is 32.1 Å². The monoisotopic (exact) mass is 210 g/mol. The average Bonchev–Trinajstić information content (AvgIpc) is 2.01. The Morgan fingerprint density at radius 2 is 2.14 bits per heavy atom. The number of amides is 1. The van der Waals surface area contributed by atoms with E-state index >= 15 is 0 Å². The SMILES string of the molecule is C[C@@H]1CNCC(=O)N1[C@H](C)C(F)(F)F. The number of carbonyl (C=O) groups excluding carboxylic acids is 1. The zero-order chi connectivity index (χ0) is 10.9. The first-order valence-corrected chi connectivity index (χ1v) is 4.42. The van der Waals surface area contributed by atoms with Gasteiger partial charge in [-0.3, -0.25) is 4.79 Å². The van der Waals surface area contributed by atoms with E-state index in [4.69, 9.17) is 0 Å². The minimum Gasteiger partial charge on any atom is -0.326 e. The van der Waals surface area contributed by atoms with Crippen LogP contribution in [0.3, 0.4) is 0 Å². The molecule has 1 saturated heterocycles. The van der Waals surface area contributed by atoms with Gasteiger partial charge in [0.25, 0.3) is 0 Å². The van der Waals surface area contributed by atoms with Crippen LogP contribution in [-0.4, -0.2) is 42.2 Å². The maximum atomic E-state index is 12.4. The number of carbonyl (C=O) groups is 1. The van der Waals surface area contributed by atoms with Crippen LogP contribution in [0.25, 0.3) is 0 Å². The third kappa shape index (κ3) is 2.17. The van der Waals surface area contributed by atoms with Gasteiger partial charge in [0.1, 0.15) is 6.04 Å². The van der Waals surface area contributed by atoms with Crippen LogP contribution in [0.1, 0.15) is 13.8 Å². The van der Waals surface area contributed by atoms with E-state index < -0.39 is 24.2 Å². The van der Waals surface area contributed by atoms with E-state index in [0.717, 1.165) is 11.8 Å². The standard InChI is InChI=1S/C8H13F3N2O/c1-5-3-12-4-7(14)13(5)6(2)8(9,10)11/h5-6,12H,3-4H2,1-2H3/t5-,6-/m1/s1. The van der Waals surface area contributed by atoms with Gasteiger partial charge in [-0.15, -0.1) is 0 Å². The summed E-state index contributed by atoms with van der Waals surface area (Å²) in [6.45, 7) is 3.02. The minimum absolute atomic E-state index is 0.00917. The molecule has 0 radical (unpaired) electrons. The van der Waals surface area contributed by atoms with Gasteiger partial charge in [0.05, 0.1) is 6.54 Å². The Bertz CT molecular complexity index is 229. The van der Waals surface area contributed by atoms with Gasteiger partial charge in [-0.1, -0.05) is 0 Å². The van der Waals surface area contributed by atoms with Crippen molar-refractivity contribution < 1.29 is 18.0 Å². The topological polar surface area (TPSA) is 32.3 Å². The lowest BCUT2D eigenvalue weighted by Crippen LogP contribution is -2.60. The van der Waals surface area contributed by atoms with Gasteiger partial charge in [-0.05, 0) is 13.8 Å². The highest BCUT2D eigenvalue weighted by atomic mass is 19.4. The molecule has 0 spiro atoms. The second-order valence-corrected chi connectivity index (χ2v) is 3.50. The van der Waals surface area contributed by atoms with E-state index in [2.05, 4.69) is 5.32 Å². The molecule has 1 heterocycles. The molecule has 1 N–H and O–H groups in total. The van der Waals surface area contributed by atoms with Crippen LogP contribution < -0.4 is 5.32 Å². The van der Waals surface area contributed by atoms with Crippen LogP contribution in [0.2, 0.25) is 0 Å². The lowest BCUT2D eigenvalue weighted by atomic mass is 10.1. The summed E-state index contributed by atoms with van der Waals surface area (Å²) in [4.78, 5) is 12.2. The lowest BCUT2D eigenvalue weighted by Gasteiger charge is -2.38. The van der Waals surface area contributed by atoms with Gasteiger partial charge in [0.15, 0.2) is 0 Å². The van der Waals surface area contributed by atoms with Crippen molar-refractivity contribution in [3.8, 4) is 0 Å². The molecule has 3 nitrogen and oxygen atoms in total. The Morgan fingerprint density at radius 3 is 2.57 bits per heavy atom. The summed E-state index contributed by atoms with van der Waals surface area (Å²) in [7, 11) is 0. The molecule has 1 rings (SSSR count). The Hall–Kier alpha value is -0.780. The predicted octanol–water partition coefficient (Wildman–Crippen LogP) is 0.758. The third-order valence-electron chi connectivity index (χ3n) is 2.37. The molecule has 1 aliphatic rings. The molecule has 0 aromatic heterocycles. The van der Waals surface area contributed by atoms with Gasteiger partial charge in [-0.25, -0.2) is 0 Å².